The molecule has 136 valence electrons. The number of carbonyl (C=O) groups excluding carboxylic acids is 1. The van der Waals surface area contributed by atoms with E-state index in [2.05, 4.69) is 22.8 Å². The monoisotopic (exact) mass is 377 g/mol. The van der Waals surface area contributed by atoms with Crippen LogP contribution in [0.15, 0.2) is 76.7 Å². The second kappa shape index (κ2) is 8.10. The Labute approximate surface area is 161 Å². The molecule has 0 fully saturated rings. The van der Waals surface area contributed by atoms with Gasteiger partial charge in [0.25, 0.3) is 5.91 Å². The van der Waals surface area contributed by atoms with Crippen LogP contribution in [0.4, 0.5) is 0 Å². The van der Waals surface area contributed by atoms with Crippen LogP contribution in [0.5, 0.6) is 5.75 Å². The number of amides is 1. The molecule has 1 N–H and O–H groups in total. The summed E-state index contributed by atoms with van der Waals surface area (Å²) in [6.07, 6.45) is 2.30. The van der Waals surface area contributed by atoms with E-state index in [1.807, 2.05) is 42.5 Å². The second-order valence-corrected chi connectivity index (χ2v) is 7.05. The lowest BCUT2D eigenvalue weighted by atomic mass is 10.1. The average molecular weight is 377 g/mol. The number of ether oxygens (including phenoxy) is 1. The van der Waals surface area contributed by atoms with E-state index < -0.39 is 0 Å². The number of hydrogen-bond donors (Lipinski definition) is 1. The van der Waals surface area contributed by atoms with Crippen molar-refractivity contribution in [1.29, 1.82) is 0 Å². The first-order valence-electron chi connectivity index (χ1n) is 8.79. The molecule has 0 aliphatic rings. The lowest BCUT2D eigenvalue weighted by Gasteiger charge is -2.07. The smallest absolute Gasteiger partial charge is 0.287 e. The van der Waals surface area contributed by atoms with Crippen LogP contribution in [0.3, 0.4) is 0 Å². The fraction of sp³-hybridized carbons (Fsp3) is 0.136. The van der Waals surface area contributed by atoms with Crippen LogP contribution in [0, 0.1) is 0 Å². The minimum absolute atomic E-state index is 0.216. The number of furan rings is 1. The molecule has 0 saturated carbocycles. The van der Waals surface area contributed by atoms with E-state index in [-0.39, 0.29) is 5.91 Å². The minimum Gasteiger partial charge on any atom is -0.489 e. The quantitative estimate of drug-likeness (QED) is 0.490. The fourth-order valence-electron chi connectivity index (χ4n) is 2.94. The number of para-hydroxylation sites is 1. The number of rotatable bonds is 7. The van der Waals surface area contributed by atoms with E-state index in [1.165, 1.54) is 21.9 Å². The lowest BCUT2D eigenvalue weighted by Crippen LogP contribution is -2.26. The predicted molar refractivity (Wildman–Crippen MR) is 107 cm³/mol. The van der Waals surface area contributed by atoms with Crippen LogP contribution < -0.4 is 10.1 Å². The molecule has 4 rings (SSSR count). The largest absolute Gasteiger partial charge is 0.489 e. The van der Waals surface area contributed by atoms with Gasteiger partial charge in [-0.25, -0.2) is 0 Å². The molecule has 2 heterocycles. The molecule has 0 aliphatic carbocycles. The summed E-state index contributed by atoms with van der Waals surface area (Å²) in [5.74, 6) is 0.849. The first-order chi connectivity index (χ1) is 13.3. The highest BCUT2D eigenvalue weighted by Crippen LogP contribution is 2.25. The van der Waals surface area contributed by atoms with Gasteiger partial charge < -0.3 is 14.5 Å². The Hall–Kier alpha value is -3.05. The van der Waals surface area contributed by atoms with Crippen molar-refractivity contribution >= 4 is 27.3 Å². The standard InChI is InChI=1S/C22H19NO3S/c24-22(23-12-10-17-15-27-20-9-5-4-8-19(17)20)21-16(11-13-25-21)14-26-18-6-2-1-3-7-18/h1-9,11,13,15H,10,12,14H2,(H,23,24). The first kappa shape index (κ1) is 17.4. The summed E-state index contributed by atoms with van der Waals surface area (Å²) >= 11 is 1.73. The molecule has 0 bridgehead atoms. The molecule has 2 aromatic heterocycles. The van der Waals surface area contributed by atoms with E-state index >= 15 is 0 Å². The number of benzene rings is 2. The van der Waals surface area contributed by atoms with E-state index in [4.69, 9.17) is 9.15 Å². The fourth-order valence-corrected chi connectivity index (χ4v) is 3.94. The highest BCUT2D eigenvalue weighted by molar-refractivity contribution is 7.17. The van der Waals surface area contributed by atoms with Crippen molar-refractivity contribution in [2.75, 3.05) is 6.54 Å². The summed E-state index contributed by atoms with van der Waals surface area (Å²) in [4.78, 5) is 12.5. The number of nitrogens with one attached hydrogen (secondary N) is 1. The molecule has 0 unspecified atom stereocenters. The van der Waals surface area contributed by atoms with Gasteiger partial charge in [-0.2, -0.15) is 0 Å². The van der Waals surface area contributed by atoms with Crippen molar-refractivity contribution in [1.82, 2.24) is 5.32 Å². The Morgan fingerprint density at radius 1 is 1.00 bits per heavy atom. The summed E-state index contributed by atoms with van der Waals surface area (Å²) in [7, 11) is 0. The normalized spacial score (nSPS) is 10.8. The number of thiophene rings is 1. The van der Waals surface area contributed by atoms with Crippen molar-refractivity contribution in [3.63, 3.8) is 0 Å². The minimum atomic E-state index is -0.216. The van der Waals surface area contributed by atoms with Crippen molar-refractivity contribution in [3.8, 4) is 5.75 Å². The highest BCUT2D eigenvalue weighted by Gasteiger charge is 2.16. The molecule has 27 heavy (non-hydrogen) atoms. The Balaban J connectivity index is 1.34. The van der Waals surface area contributed by atoms with Gasteiger partial charge in [0.15, 0.2) is 5.76 Å². The van der Waals surface area contributed by atoms with E-state index in [9.17, 15) is 4.79 Å². The van der Waals surface area contributed by atoms with Crippen molar-refractivity contribution < 1.29 is 13.9 Å². The van der Waals surface area contributed by atoms with Gasteiger partial charge in [-0.1, -0.05) is 36.4 Å². The zero-order chi connectivity index (χ0) is 18.5. The Morgan fingerprint density at radius 2 is 1.81 bits per heavy atom. The maximum absolute atomic E-state index is 12.5. The van der Waals surface area contributed by atoms with Gasteiger partial charge in [0.1, 0.15) is 12.4 Å². The zero-order valence-electron chi connectivity index (χ0n) is 14.7. The molecular weight excluding hydrogens is 358 g/mol. The first-order valence-corrected chi connectivity index (χ1v) is 9.67. The summed E-state index contributed by atoms with van der Waals surface area (Å²) in [5, 5.41) is 6.35. The van der Waals surface area contributed by atoms with Crippen LogP contribution in [-0.4, -0.2) is 12.5 Å². The van der Waals surface area contributed by atoms with Gasteiger partial charge in [0, 0.05) is 16.8 Å². The van der Waals surface area contributed by atoms with Gasteiger partial charge in [0.2, 0.25) is 0 Å². The number of hydrogen-bond acceptors (Lipinski definition) is 4. The molecule has 0 aliphatic heterocycles. The molecule has 4 nitrogen and oxygen atoms in total. The van der Waals surface area contributed by atoms with Crippen LogP contribution in [0.25, 0.3) is 10.1 Å². The third kappa shape index (κ3) is 4.04. The molecule has 1 amide bonds. The topological polar surface area (TPSA) is 51.5 Å². The molecular formula is C22H19NO3S. The molecule has 0 radical (unpaired) electrons. The van der Waals surface area contributed by atoms with Crippen LogP contribution in [-0.2, 0) is 13.0 Å². The molecule has 5 heteroatoms. The third-order valence-electron chi connectivity index (χ3n) is 4.33. The van der Waals surface area contributed by atoms with E-state index in [0.29, 0.717) is 18.9 Å². The number of carbonyl (C=O) groups is 1. The highest BCUT2D eigenvalue weighted by atomic mass is 32.1. The molecule has 0 spiro atoms. The Bertz CT molecular complexity index is 1040. The van der Waals surface area contributed by atoms with Gasteiger partial charge in [-0.05, 0) is 47.0 Å². The third-order valence-corrected chi connectivity index (χ3v) is 5.34. The SMILES string of the molecule is O=C(NCCc1csc2ccccc12)c1occc1COc1ccccc1. The average Bonchev–Trinajstić information content (AvgIpc) is 3.34. The summed E-state index contributed by atoms with van der Waals surface area (Å²) < 4.78 is 12.4. The maximum atomic E-state index is 12.5. The van der Waals surface area contributed by atoms with Crippen LogP contribution in [0.2, 0.25) is 0 Å². The number of fused-ring (bicyclic) bond motifs is 1. The summed E-state index contributed by atoms with van der Waals surface area (Å²) in [6, 6.07) is 19.6. The van der Waals surface area contributed by atoms with Crippen LogP contribution >= 0.6 is 11.3 Å². The van der Waals surface area contributed by atoms with Crippen molar-refractivity contribution in [2.45, 2.75) is 13.0 Å². The predicted octanol–water partition coefficient (Wildman–Crippen LogP) is 5.05. The molecule has 2 aromatic carbocycles. The molecule has 0 saturated heterocycles. The van der Waals surface area contributed by atoms with Crippen molar-refractivity contribution in [3.05, 3.63) is 89.2 Å². The molecule has 0 atom stereocenters. The van der Waals surface area contributed by atoms with E-state index in [0.717, 1.165) is 17.7 Å². The Morgan fingerprint density at radius 3 is 2.70 bits per heavy atom. The van der Waals surface area contributed by atoms with Gasteiger partial charge in [-0.3, -0.25) is 4.79 Å². The maximum Gasteiger partial charge on any atom is 0.287 e. The Kier molecular flexibility index (Phi) is 5.21. The van der Waals surface area contributed by atoms with Gasteiger partial charge >= 0.3 is 0 Å². The summed E-state index contributed by atoms with van der Waals surface area (Å²) in [5.41, 5.74) is 1.99. The summed E-state index contributed by atoms with van der Waals surface area (Å²) in [6.45, 7) is 0.845. The van der Waals surface area contributed by atoms with E-state index in [1.54, 1.807) is 17.4 Å². The lowest BCUT2D eigenvalue weighted by molar-refractivity contribution is 0.0923. The zero-order valence-corrected chi connectivity index (χ0v) is 15.5. The molecule has 4 aromatic rings. The van der Waals surface area contributed by atoms with Crippen LogP contribution in [0.1, 0.15) is 21.7 Å². The van der Waals surface area contributed by atoms with Gasteiger partial charge in [-0.15, -0.1) is 11.3 Å². The second-order valence-electron chi connectivity index (χ2n) is 6.14. The van der Waals surface area contributed by atoms with Gasteiger partial charge in [0.05, 0.1) is 6.26 Å². The van der Waals surface area contributed by atoms with Crippen molar-refractivity contribution in [2.24, 2.45) is 0 Å².